The van der Waals surface area contributed by atoms with Crippen LogP contribution in [-0.2, 0) is 19.2 Å². The van der Waals surface area contributed by atoms with Crippen LogP contribution in [0.1, 0.15) is 36.8 Å². The summed E-state index contributed by atoms with van der Waals surface area (Å²) in [5, 5.41) is 11.2. The zero-order valence-corrected chi connectivity index (χ0v) is 21.1. The maximum atomic E-state index is 13.9. The fraction of sp³-hybridized carbons (Fsp3) is 0.267. The predicted octanol–water partition coefficient (Wildman–Crippen LogP) is 4.99. The van der Waals surface area contributed by atoms with Gasteiger partial charge in [-0.3, -0.25) is 19.2 Å². The highest BCUT2D eigenvalue weighted by atomic mass is 35.5. The number of hydrogen-bond donors (Lipinski definition) is 1. The van der Waals surface area contributed by atoms with Crippen LogP contribution >= 0.6 is 11.6 Å². The number of rotatable bonds is 2. The Morgan fingerprint density at radius 2 is 1.73 bits per heavy atom. The van der Waals surface area contributed by atoms with Gasteiger partial charge in [-0.15, -0.1) is 0 Å². The fourth-order valence-electron chi connectivity index (χ4n) is 6.44. The van der Waals surface area contributed by atoms with Gasteiger partial charge in [0.25, 0.3) is 0 Å². The first-order chi connectivity index (χ1) is 17.7. The second-order valence-electron chi connectivity index (χ2n) is 10.2. The number of aryl methyl sites for hydroxylation is 1. The quantitative estimate of drug-likeness (QED) is 0.347. The SMILES string of the molecule is CC1=CC(=O)C2=C(CC3C(=CCC4C(=O)N(c5ccc(C)c(Cl)c5)C(=O)C43)C2c2ccccc2O)C1=O. The minimum Gasteiger partial charge on any atom is -0.508 e. The van der Waals surface area contributed by atoms with Gasteiger partial charge in [0.2, 0.25) is 11.8 Å². The first kappa shape index (κ1) is 23.6. The summed E-state index contributed by atoms with van der Waals surface area (Å²) in [7, 11) is 0. The van der Waals surface area contributed by atoms with Crippen LogP contribution in [0.3, 0.4) is 0 Å². The number of phenols is 1. The van der Waals surface area contributed by atoms with E-state index in [4.69, 9.17) is 11.6 Å². The van der Waals surface area contributed by atoms with E-state index < -0.39 is 23.7 Å². The van der Waals surface area contributed by atoms with Crippen molar-refractivity contribution in [1.29, 1.82) is 0 Å². The van der Waals surface area contributed by atoms with E-state index in [0.29, 0.717) is 39.4 Å². The number of benzene rings is 2. The van der Waals surface area contributed by atoms with E-state index in [2.05, 4.69) is 0 Å². The van der Waals surface area contributed by atoms with E-state index in [9.17, 15) is 24.3 Å². The maximum absolute atomic E-state index is 13.9. The number of carbonyl (C=O) groups is 4. The highest BCUT2D eigenvalue weighted by molar-refractivity contribution is 6.32. The van der Waals surface area contributed by atoms with Gasteiger partial charge in [-0.25, -0.2) is 4.90 Å². The van der Waals surface area contributed by atoms with Gasteiger partial charge in [0.1, 0.15) is 5.75 Å². The van der Waals surface area contributed by atoms with Gasteiger partial charge in [-0.05, 0) is 62.4 Å². The Kier molecular flexibility index (Phi) is 5.35. The van der Waals surface area contributed by atoms with Crippen molar-refractivity contribution >= 4 is 40.7 Å². The van der Waals surface area contributed by atoms with Crippen LogP contribution < -0.4 is 4.90 Å². The molecule has 3 aliphatic carbocycles. The van der Waals surface area contributed by atoms with Crippen LogP contribution in [0.2, 0.25) is 5.02 Å². The van der Waals surface area contributed by atoms with E-state index in [1.54, 1.807) is 49.4 Å². The number of ketones is 2. The lowest BCUT2D eigenvalue weighted by Crippen LogP contribution is -2.39. The third-order valence-corrected chi connectivity index (χ3v) is 8.63. The Morgan fingerprint density at radius 1 is 0.973 bits per heavy atom. The Hall–Kier alpha value is -3.77. The summed E-state index contributed by atoms with van der Waals surface area (Å²) in [5.74, 6) is -3.45. The molecule has 4 aliphatic rings. The summed E-state index contributed by atoms with van der Waals surface area (Å²) in [5.41, 5.74) is 3.67. The standard InChI is InChI=1S/C30H24ClNO5/c1-14-7-8-16(12-22(14)31)32-29(36)19-10-9-17-20(26(19)30(32)37)13-21-27(24(34)11-15(2)28(21)35)25(17)18-5-3-4-6-23(18)33/h3-9,11-12,19-20,25-26,33H,10,13H2,1-2H3. The van der Waals surface area contributed by atoms with E-state index in [-0.39, 0.29) is 35.6 Å². The lowest BCUT2D eigenvalue weighted by Gasteiger charge is -2.42. The monoisotopic (exact) mass is 513 g/mol. The van der Waals surface area contributed by atoms with Crippen LogP contribution in [0.4, 0.5) is 5.69 Å². The van der Waals surface area contributed by atoms with E-state index >= 15 is 0 Å². The van der Waals surface area contributed by atoms with Gasteiger partial charge in [0, 0.05) is 33.2 Å². The first-order valence-corrected chi connectivity index (χ1v) is 12.7. The Balaban J connectivity index is 1.49. The molecule has 186 valence electrons. The van der Waals surface area contributed by atoms with Gasteiger partial charge < -0.3 is 5.11 Å². The molecule has 0 spiro atoms. The molecule has 1 N–H and O–H groups in total. The molecule has 2 amide bonds. The van der Waals surface area contributed by atoms with Crippen LogP contribution in [0.25, 0.3) is 0 Å². The summed E-state index contributed by atoms with van der Waals surface area (Å²) < 4.78 is 0. The first-order valence-electron chi connectivity index (χ1n) is 12.3. The number of imide groups is 1. The number of allylic oxidation sites excluding steroid dienone is 6. The van der Waals surface area contributed by atoms with Crippen LogP contribution in [0, 0.1) is 24.7 Å². The number of para-hydroxylation sites is 1. The molecule has 0 bridgehead atoms. The molecule has 6 rings (SSSR count). The van der Waals surface area contributed by atoms with E-state index in [1.165, 1.54) is 11.0 Å². The number of amides is 2. The third-order valence-electron chi connectivity index (χ3n) is 8.22. The van der Waals surface area contributed by atoms with Crippen molar-refractivity contribution in [1.82, 2.24) is 0 Å². The van der Waals surface area contributed by atoms with Gasteiger partial charge in [-0.1, -0.05) is 47.5 Å². The molecular weight excluding hydrogens is 490 g/mol. The summed E-state index contributed by atoms with van der Waals surface area (Å²) in [6.45, 7) is 3.46. The lowest BCUT2D eigenvalue weighted by atomic mass is 9.59. The molecule has 2 aromatic carbocycles. The predicted molar refractivity (Wildman–Crippen MR) is 138 cm³/mol. The molecule has 6 nitrogen and oxygen atoms in total. The van der Waals surface area contributed by atoms with Crippen LogP contribution in [0.15, 0.2) is 76.9 Å². The highest BCUT2D eigenvalue weighted by Crippen LogP contribution is 2.56. The van der Waals surface area contributed by atoms with E-state index in [0.717, 1.165) is 11.1 Å². The normalized spacial score (nSPS) is 27.1. The minimum absolute atomic E-state index is 0.0132. The number of phenolic OH excluding ortho intramolecular Hbond substituents is 1. The van der Waals surface area contributed by atoms with Crippen LogP contribution in [0.5, 0.6) is 5.75 Å². The second kappa shape index (κ2) is 8.38. The maximum Gasteiger partial charge on any atom is 0.238 e. The zero-order chi connectivity index (χ0) is 26.2. The topological polar surface area (TPSA) is 91.8 Å². The van der Waals surface area contributed by atoms with Crippen molar-refractivity contribution in [2.75, 3.05) is 4.90 Å². The zero-order valence-electron chi connectivity index (χ0n) is 20.3. The molecule has 2 aromatic rings. The molecule has 1 aliphatic heterocycles. The molecule has 0 aromatic heterocycles. The van der Waals surface area contributed by atoms with Crippen molar-refractivity contribution in [3.05, 3.63) is 93.1 Å². The fourth-order valence-corrected chi connectivity index (χ4v) is 6.62. The summed E-state index contributed by atoms with van der Waals surface area (Å²) in [4.78, 5) is 55.2. The largest absolute Gasteiger partial charge is 0.508 e. The van der Waals surface area contributed by atoms with Gasteiger partial charge >= 0.3 is 0 Å². The average Bonchev–Trinajstić information content (AvgIpc) is 3.13. The molecule has 1 saturated heterocycles. The number of Topliss-reactive ketones (excluding diaryl/α,β-unsaturated/α-hetero) is 1. The molecule has 1 fully saturated rings. The van der Waals surface area contributed by atoms with Gasteiger partial charge in [-0.2, -0.15) is 0 Å². The van der Waals surface area contributed by atoms with Crippen molar-refractivity contribution in [2.24, 2.45) is 17.8 Å². The molecular formula is C30H24ClNO5. The summed E-state index contributed by atoms with van der Waals surface area (Å²) in [6, 6.07) is 11.9. The lowest BCUT2D eigenvalue weighted by molar-refractivity contribution is -0.123. The van der Waals surface area contributed by atoms with Crippen LogP contribution in [-0.4, -0.2) is 28.5 Å². The number of fused-ring (bicyclic) bond motifs is 3. The Labute approximate surface area is 218 Å². The average molecular weight is 514 g/mol. The molecule has 37 heavy (non-hydrogen) atoms. The van der Waals surface area contributed by atoms with E-state index in [1.807, 2.05) is 13.0 Å². The van der Waals surface area contributed by atoms with Gasteiger partial charge in [0.05, 0.1) is 17.5 Å². The van der Waals surface area contributed by atoms with Gasteiger partial charge in [0.15, 0.2) is 11.6 Å². The second-order valence-corrected chi connectivity index (χ2v) is 10.6. The Morgan fingerprint density at radius 3 is 2.46 bits per heavy atom. The molecule has 4 unspecified atom stereocenters. The Bertz CT molecular complexity index is 1530. The molecule has 4 atom stereocenters. The summed E-state index contributed by atoms with van der Waals surface area (Å²) in [6.07, 6.45) is 3.82. The van der Waals surface area contributed by atoms with Crippen molar-refractivity contribution in [2.45, 2.75) is 32.6 Å². The third kappa shape index (κ3) is 3.39. The number of anilines is 1. The number of nitrogens with zero attached hydrogens (tertiary/aromatic N) is 1. The molecule has 0 radical (unpaired) electrons. The van der Waals surface area contributed by atoms with Crippen molar-refractivity contribution in [3.8, 4) is 5.75 Å². The number of aromatic hydroxyl groups is 1. The van der Waals surface area contributed by atoms with Crippen molar-refractivity contribution in [3.63, 3.8) is 0 Å². The number of hydrogen-bond acceptors (Lipinski definition) is 5. The number of carbonyl (C=O) groups excluding carboxylic acids is 4. The smallest absolute Gasteiger partial charge is 0.238 e. The van der Waals surface area contributed by atoms with Crippen molar-refractivity contribution < 1.29 is 24.3 Å². The number of halogens is 1. The molecule has 0 saturated carbocycles. The highest BCUT2D eigenvalue weighted by Gasteiger charge is 2.56. The molecule has 1 heterocycles. The minimum atomic E-state index is -0.677. The molecule has 7 heteroatoms. The summed E-state index contributed by atoms with van der Waals surface area (Å²) >= 11 is 6.31.